The van der Waals surface area contributed by atoms with Gasteiger partial charge in [-0.1, -0.05) is 17.2 Å². The summed E-state index contributed by atoms with van der Waals surface area (Å²) in [5.41, 5.74) is 16.4. The van der Waals surface area contributed by atoms with Crippen molar-refractivity contribution in [3.05, 3.63) is 20.9 Å². The van der Waals surface area contributed by atoms with Crippen LogP contribution in [0.5, 0.6) is 0 Å². The van der Waals surface area contributed by atoms with E-state index in [1.54, 1.807) is 0 Å². The van der Waals surface area contributed by atoms with Gasteiger partial charge in [0, 0.05) is 68.4 Å². The zero-order chi connectivity index (χ0) is 41.7. The molecule has 0 aliphatic rings. The summed E-state index contributed by atoms with van der Waals surface area (Å²) in [6.45, 7) is 9.48. The Hall–Kier alpha value is -3.82. The van der Waals surface area contributed by atoms with Gasteiger partial charge < -0.3 is 59.2 Å². The first-order valence-electron chi connectivity index (χ1n) is 19.7. The van der Waals surface area contributed by atoms with Crippen molar-refractivity contribution >= 4 is 23.6 Å². The Morgan fingerprint density at radius 3 is 1.42 bits per heavy atom. The summed E-state index contributed by atoms with van der Waals surface area (Å²) in [5.74, 6) is -1.06. The Balaban J connectivity index is 4.42. The second-order valence-electron chi connectivity index (χ2n) is 12.0. The first-order chi connectivity index (χ1) is 27.9. The highest BCUT2D eigenvalue weighted by molar-refractivity contribution is 5.87. The smallest absolute Gasteiger partial charge is 0.242 e. The molecule has 57 heavy (non-hydrogen) atoms. The van der Waals surface area contributed by atoms with Gasteiger partial charge in [-0.05, 0) is 43.2 Å². The van der Waals surface area contributed by atoms with Crippen molar-refractivity contribution in [2.75, 3.05) is 138 Å². The largest absolute Gasteiger partial charge is 0.379 e. The minimum atomic E-state index is -0.791. The summed E-state index contributed by atoms with van der Waals surface area (Å²) < 4.78 is 43.0. The van der Waals surface area contributed by atoms with E-state index in [-0.39, 0.29) is 88.9 Å². The molecule has 1 atom stereocenters. The SMILES string of the molecule is CCCOCCOCCOCCOCCNC(=O)[C@@H](CCCCNC(=O)CCOCCOCCN=[N+]=[N-])NC(=O)CCCNC(=O)CCOCCOCCN=[N+]=[N-]. The lowest BCUT2D eigenvalue weighted by Crippen LogP contribution is -2.47. The van der Waals surface area contributed by atoms with Crippen molar-refractivity contribution in [3.8, 4) is 0 Å². The molecule has 0 aliphatic heterocycles. The fraction of sp³-hybridized carbons (Fsp3) is 0.886. The highest BCUT2D eigenvalue weighted by Gasteiger charge is 2.20. The second kappa shape index (κ2) is 43.3. The summed E-state index contributed by atoms with van der Waals surface area (Å²) in [7, 11) is 0. The summed E-state index contributed by atoms with van der Waals surface area (Å²) in [6.07, 6.45) is 3.30. The number of rotatable bonds is 43. The molecule has 0 bridgehead atoms. The first-order valence-corrected chi connectivity index (χ1v) is 19.7. The molecule has 0 rings (SSSR count). The van der Waals surface area contributed by atoms with E-state index in [1.165, 1.54) is 0 Å². The highest BCUT2D eigenvalue weighted by Crippen LogP contribution is 2.03. The topological polar surface area (TPSA) is 288 Å². The molecule has 4 amide bonds. The molecule has 0 saturated carbocycles. The summed E-state index contributed by atoms with van der Waals surface area (Å²) in [6, 6.07) is -0.791. The third-order valence-corrected chi connectivity index (χ3v) is 7.30. The third kappa shape index (κ3) is 40.2. The number of hydrogen-bond acceptors (Lipinski definition) is 14. The van der Waals surface area contributed by atoms with Gasteiger partial charge in [0.05, 0.1) is 99.1 Å². The molecule has 0 heterocycles. The van der Waals surface area contributed by atoms with Crippen molar-refractivity contribution in [1.82, 2.24) is 21.3 Å². The zero-order valence-electron chi connectivity index (χ0n) is 33.7. The summed E-state index contributed by atoms with van der Waals surface area (Å²) in [5, 5.41) is 17.9. The maximum atomic E-state index is 13.0. The van der Waals surface area contributed by atoms with Gasteiger partial charge in [-0.25, -0.2) is 0 Å². The Morgan fingerprint density at radius 1 is 0.491 bits per heavy atom. The van der Waals surface area contributed by atoms with E-state index in [2.05, 4.69) is 41.3 Å². The van der Waals surface area contributed by atoms with Crippen molar-refractivity contribution in [3.63, 3.8) is 0 Å². The van der Waals surface area contributed by atoms with Gasteiger partial charge in [0.25, 0.3) is 0 Å². The first kappa shape index (κ1) is 53.2. The molecule has 0 unspecified atom stereocenters. The fourth-order valence-corrected chi connectivity index (χ4v) is 4.44. The standard InChI is InChI=1S/C35H66N10O12/c1-2-15-50-21-27-56-29-30-57-28-26-53-18-12-40-35(49)31(6-3-4-10-38-32(46)8-16-51-22-24-54-19-13-41-44-36)43-34(48)7-5-11-39-33(47)9-17-52-23-25-55-20-14-42-45-37/h31H,2-30H2,1H3,(H,38,46)(H,39,47)(H,40,49)(H,43,48)/t31-/m1/s1. The van der Waals surface area contributed by atoms with E-state index in [9.17, 15) is 19.2 Å². The Labute approximate surface area is 335 Å². The van der Waals surface area contributed by atoms with Gasteiger partial charge in [0.1, 0.15) is 6.04 Å². The molecule has 0 fully saturated rings. The number of ether oxygens (including phenoxy) is 8. The highest BCUT2D eigenvalue weighted by atomic mass is 16.6. The number of nitrogens with zero attached hydrogens (tertiary/aromatic N) is 6. The van der Waals surface area contributed by atoms with Gasteiger partial charge in [0.2, 0.25) is 23.6 Å². The van der Waals surface area contributed by atoms with Crippen LogP contribution in [0.1, 0.15) is 58.3 Å². The molecule has 0 aliphatic carbocycles. The Bertz CT molecular complexity index is 1110. The molecule has 0 spiro atoms. The number of amides is 4. The third-order valence-electron chi connectivity index (χ3n) is 7.30. The van der Waals surface area contributed by atoms with Crippen LogP contribution in [0.2, 0.25) is 0 Å². The van der Waals surface area contributed by atoms with Crippen LogP contribution >= 0.6 is 0 Å². The van der Waals surface area contributed by atoms with Crippen molar-refractivity contribution in [2.45, 2.75) is 64.3 Å². The average Bonchev–Trinajstić information content (AvgIpc) is 3.20. The predicted octanol–water partition coefficient (Wildman–Crippen LogP) is 1.71. The molecule has 0 radical (unpaired) electrons. The molecule has 0 aromatic heterocycles. The minimum absolute atomic E-state index is 0.106. The van der Waals surface area contributed by atoms with Crippen LogP contribution < -0.4 is 21.3 Å². The lowest BCUT2D eigenvalue weighted by atomic mass is 10.1. The second-order valence-corrected chi connectivity index (χ2v) is 12.0. The molecule has 22 heteroatoms. The van der Waals surface area contributed by atoms with Crippen LogP contribution in [0, 0.1) is 0 Å². The van der Waals surface area contributed by atoms with E-state index in [4.69, 9.17) is 49.0 Å². The van der Waals surface area contributed by atoms with E-state index in [0.29, 0.717) is 112 Å². The maximum absolute atomic E-state index is 13.0. The number of carbonyl (C=O) groups excluding carboxylic acids is 4. The predicted molar refractivity (Wildman–Crippen MR) is 208 cm³/mol. The van der Waals surface area contributed by atoms with Crippen LogP contribution in [0.25, 0.3) is 20.9 Å². The number of nitrogens with one attached hydrogen (secondary N) is 4. The van der Waals surface area contributed by atoms with Gasteiger partial charge in [-0.2, -0.15) is 0 Å². The molecule has 328 valence electrons. The van der Waals surface area contributed by atoms with E-state index < -0.39 is 6.04 Å². The van der Waals surface area contributed by atoms with Gasteiger partial charge in [-0.3, -0.25) is 19.2 Å². The number of carbonyl (C=O) groups is 4. The van der Waals surface area contributed by atoms with E-state index in [0.717, 1.165) is 13.0 Å². The summed E-state index contributed by atoms with van der Waals surface area (Å²) >= 11 is 0. The molecule has 4 N–H and O–H groups in total. The van der Waals surface area contributed by atoms with Crippen molar-refractivity contribution in [2.24, 2.45) is 10.2 Å². The van der Waals surface area contributed by atoms with Gasteiger partial charge in [-0.15, -0.1) is 0 Å². The minimum Gasteiger partial charge on any atom is -0.379 e. The zero-order valence-corrected chi connectivity index (χ0v) is 33.7. The van der Waals surface area contributed by atoms with Crippen molar-refractivity contribution < 1.29 is 57.1 Å². The molecular weight excluding hydrogens is 752 g/mol. The number of azide groups is 2. The van der Waals surface area contributed by atoms with Gasteiger partial charge in [0.15, 0.2) is 0 Å². The lowest BCUT2D eigenvalue weighted by molar-refractivity contribution is -0.129. The Morgan fingerprint density at radius 2 is 0.930 bits per heavy atom. The Kier molecular flexibility index (Phi) is 40.4. The van der Waals surface area contributed by atoms with Crippen LogP contribution in [0.4, 0.5) is 0 Å². The quantitative estimate of drug-likeness (QED) is 0.0296. The maximum Gasteiger partial charge on any atom is 0.242 e. The fourth-order valence-electron chi connectivity index (χ4n) is 4.44. The lowest BCUT2D eigenvalue weighted by Gasteiger charge is -2.19. The molecule has 0 aromatic rings. The van der Waals surface area contributed by atoms with Crippen LogP contribution in [0.3, 0.4) is 0 Å². The van der Waals surface area contributed by atoms with Crippen molar-refractivity contribution in [1.29, 1.82) is 0 Å². The monoisotopic (exact) mass is 818 g/mol. The average molecular weight is 819 g/mol. The molecule has 0 saturated heterocycles. The van der Waals surface area contributed by atoms with Gasteiger partial charge >= 0.3 is 0 Å². The number of unbranched alkanes of at least 4 members (excludes halogenated alkanes) is 1. The van der Waals surface area contributed by atoms with Crippen LogP contribution in [-0.4, -0.2) is 168 Å². The normalized spacial score (nSPS) is 11.2. The number of hydrogen-bond donors (Lipinski definition) is 4. The van der Waals surface area contributed by atoms with Crippen LogP contribution in [-0.2, 0) is 57.1 Å². The molecular formula is C35H66N10O12. The van der Waals surface area contributed by atoms with E-state index >= 15 is 0 Å². The summed E-state index contributed by atoms with van der Waals surface area (Å²) in [4.78, 5) is 55.3. The molecule has 22 nitrogen and oxygen atoms in total. The molecule has 0 aromatic carbocycles. The van der Waals surface area contributed by atoms with Crippen LogP contribution in [0.15, 0.2) is 10.2 Å². The van der Waals surface area contributed by atoms with E-state index in [1.807, 2.05) is 6.92 Å².